The summed E-state index contributed by atoms with van der Waals surface area (Å²) in [6.07, 6.45) is 4.23. The Morgan fingerprint density at radius 1 is 1.19 bits per heavy atom. The van der Waals surface area contributed by atoms with Gasteiger partial charge in [0.2, 0.25) is 0 Å². The molecule has 0 fully saturated rings. The largest absolute Gasteiger partial charge is 0.365 e. The van der Waals surface area contributed by atoms with Crippen LogP contribution in [0.4, 0.5) is 5.82 Å². The molecule has 1 aliphatic heterocycles. The second-order valence-corrected chi connectivity index (χ2v) is 6.94. The highest BCUT2D eigenvalue weighted by Gasteiger charge is 2.23. The highest BCUT2D eigenvalue weighted by atomic mass is 15.4. The lowest BCUT2D eigenvalue weighted by Gasteiger charge is -2.26. The van der Waals surface area contributed by atoms with E-state index in [1.807, 2.05) is 19.1 Å². The molecule has 1 aromatic carbocycles. The van der Waals surface area contributed by atoms with Crippen LogP contribution >= 0.6 is 0 Å². The first-order chi connectivity index (χ1) is 13.3. The predicted octanol–water partition coefficient (Wildman–Crippen LogP) is 2.04. The summed E-state index contributed by atoms with van der Waals surface area (Å²) in [4.78, 5) is 8.60. The Bertz CT molecular complexity index is 1080. The molecule has 5 rings (SSSR count). The van der Waals surface area contributed by atoms with Crippen LogP contribution in [-0.4, -0.2) is 40.4 Å². The van der Waals surface area contributed by atoms with Gasteiger partial charge in [-0.25, -0.2) is 4.98 Å². The van der Waals surface area contributed by atoms with Crippen molar-refractivity contribution in [3.8, 4) is 0 Å². The molecule has 4 aromatic rings. The van der Waals surface area contributed by atoms with E-state index < -0.39 is 0 Å². The Morgan fingerprint density at radius 2 is 2.07 bits per heavy atom. The van der Waals surface area contributed by atoms with Gasteiger partial charge in [0.25, 0.3) is 5.78 Å². The van der Waals surface area contributed by atoms with Crippen LogP contribution in [0.2, 0.25) is 0 Å². The van der Waals surface area contributed by atoms with E-state index in [-0.39, 0.29) is 6.04 Å². The molecular weight excluding hydrogens is 340 g/mol. The van der Waals surface area contributed by atoms with Gasteiger partial charge in [-0.1, -0.05) is 30.3 Å². The maximum Gasteiger partial charge on any atom is 0.254 e. The first kappa shape index (κ1) is 15.9. The van der Waals surface area contributed by atoms with Gasteiger partial charge in [-0.05, 0) is 18.9 Å². The molecule has 27 heavy (non-hydrogen) atoms. The number of nitrogens with one attached hydrogen (secondary N) is 1. The monoisotopic (exact) mass is 360 g/mol. The van der Waals surface area contributed by atoms with E-state index in [0.29, 0.717) is 5.78 Å². The first-order valence-corrected chi connectivity index (χ1v) is 9.15. The maximum atomic E-state index is 4.44. The van der Waals surface area contributed by atoms with Crippen LogP contribution in [0.3, 0.4) is 0 Å². The minimum absolute atomic E-state index is 0.275. The van der Waals surface area contributed by atoms with Crippen molar-refractivity contribution in [2.45, 2.75) is 38.8 Å². The predicted molar refractivity (Wildman–Crippen MR) is 101 cm³/mol. The van der Waals surface area contributed by atoms with E-state index in [1.54, 1.807) is 4.52 Å². The number of hydrogen-bond donors (Lipinski definition) is 1. The van der Waals surface area contributed by atoms with Gasteiger partial charge in [-0.2, -0.15) is 14.6 Å². The summed E-state index contributed by atoms with van der Waals surface area (Å²) in [5.74, 6) is 3.61. The SMILES string of the molecule is Cc1cc(N[C@@H]2CCc3nnc(Cc4ccccc4)n3C2)n2ncnc2n1. The van der Waals surface area contributed by atoms with Gasteiger partial charge in [-0.3, -0.25) is 0 Å². The van der Waals surface area contributed by atoms with Gasteiger partial charge in [-0.15, -0.1) is 10.2 Å². The smallest absolute Gasteiger partial charge is 0.254 e. The molecule has 136 valence electrons. The van der Waals surface area contributed by atoms with Crippen molar-refractivity contribution >= 4 is 11.6 Å². The normalized spacial score (nSPS) is 16.4. The minimum atomic E-state index is 0.275. The van der Waals surface area contributed by atoms with Crippen molar-refractivity contribution in [3.05, 3.63) is 65.6 Å². The molecule has 3 aromatic heterocycles. The number of aromatic nitrogens is 7. The Kier molecular flexibility index (Phi) is 3.81. The van der Waals surface area contributed by atoms with Crippen LogP contribution in [0.1, 0.15) is 29.3 Å². The van der Waals surface area contributed by atoms with E-state index in [1.165, 1.54) is 11.9 Å². The zero-order valence-corrected chi connectivity index (χ0v) is 15.1. The Labute approximate surface area is 156 Å². The van der Waals surface area contributed by atoms with E-state index in [4.69, 9.17) is 0 Å². The number of fused-ring (bicyclic) bond motifs is 2. The number of nitrogens with zero attached hydrogens (tertiary/aromatic N) is 7. The summed E-state index contributed by atoms with van der Waals surface area (Å²) in [5, 5.41) is 16.7. The lowest BCUT2D eigenvalue weighted by Crippen LogP contribution is -2.33. The van der Waals surface area contributed by atoms with Crippen molar-refractivity contribution in [2.75, 3.05) is 5.32 Å². The highest BCUT2D eigenvalue weighted by Crippen LogP contribution is 2.21. The van der Waals surface area contributed by atoms with E-state index in [2.05, 4.69) is 59.4 Å². The molecule has 4 heterocycles. The van der Waals surface area contributed by atoms with Crippen molar-refractivity contribution < 1.29 is 0 Å². The molecular formula is C19H20N8. The molecule has 8 nitrogen and oxygen atoms in total. The molecule has 0 spiro atoms. The number of hydrogen-bond acceptors (Lipinski definition) is 6. The van der Waals surface area contributed by atoms with Gasteiger partial charge in [0.1, 0.15) is 23.8 Å². The fourth-order valence-corrected chi connectivity index (χ4v) is 3.65. The Balaban J connectivity index is 1.39. The van der Waals surface area contributed by atoms with Crippen LogP contribution in [0.25, 0.3) is 5.78 Å². The average molecular weight is 360 g/mol. The highest BCUT2D eigenvalue weighted by molar-refractivity contribution is 5.45. The molecule has 0 bridgehead atoms. The van der Waals surface area contributed by atoms with E-state index >= 15 is 0 Å². The second-order valence-electron chi connectivity index (χ2n) is 6.94. The van der Waals surface area contributed by atoms with Crippen molar-refractivity contribution in [1.29, 1.82) is 0 Å². The summed E-state index contributed by atoms with van der Waals surface area (Å²) in [5.41, 5.74) is 2.17. The molecule has 8 heteroatoms. The van der Waals surface area contributed by atoms with Gasteiger partial charge in [0, 0.05) is 37.2 Å². The average Bonchev–Trinajstić information content (AvgIpc) is 3.30. The fourth-order valence-electron chi connectivity index (χ4n) is 3.65. The third kappa shape index (κ3) is 3.03. The van der Waals surface area contributed by atoms with Crippen molar-refractivity contribution in [3.63, 3.8) is 0 Å². The fraction of sp³-hybridized carbons (Fsp3) is 0.316. The first-order valence-electron chi connectivity index (χ1n) is 9.15. The zero-order valence-electron chi connectivity index (χ0n) is 15.1. The molecule has 0 saturated carbocycles. The molecule has 1 atom stereocenters. The molecule has 0 aliphatic carbocycles. The summed E-state index contributed by atoms with van der Waals surface area (Å²) in [6.45, 7) is 2.80. The lowest BCUT2D eigenvalue weighted by molar-refractivity contribution is 0.465. The van der Waals surface area contributed by atoms with Gasteiger partial charge in [0.05, 0.1) is 0 Å². The number of benzene rings is 1. The molecule has 0 radical (unpaired) electrons. The van der Waals surface area contributed by atoms with E-state index in [0.717, 1.165) is 49.0 Å². The van der Waals surface area contributed by atoms with Crippen molar-refractivity contribution in [2.24, 2.45) is 0 Å². The van der Waals surface area contributed by atoms with Gasteiger partial charge in [0.15, 0.2) is 0 Å². The van der Waals surface area contributed by atoms with Gasteiger partial charge < -0.3 is 9.88 Å². The summed E-state index contributed by atoms with van der Waals surface area (Å²) >= 11 is 0. The van der Waals surface area contributed by atoms with Crippen LogP contribution in [0.15, 0.2) is 42.7 Å². The number of anilines is 1. The van der Waals surface area contributed by atoms with Crippen LogP contribution < -0.4 is 5.32 Å². The minimum Gasteiger partial charge on any atom is -0.365 e. The third-order valence-corrected chi connectivity index (χ3v) is 4.96. The van der Waals surface area contributed by atoms with Crippen LogP contribution in [0, 0.1) is 6.92 Å². The molecule has 1 aliphatic rings. The lowest BCUT2D eigenvalue weighted by atomic mass is 10.1. The summed E-state index contributed by atoms with van der Waals surface area (Å²) in [7, 11) is 0. The number of aryl methyl sites for hydroxylation is 2. The molecule has 0 amide bonds. The van der Waals surface area contributed by atoms with Crippen LogP contribution in [0.5, 0.6) is 0 Å². The Hall–Kier alpha value is -3.29. The van der Waals surface area contributed by atoms with E-state index in [9.17, 15) is 0 Å². The topological polar surface area (TPSA) is 85.8 Å². The summed E-state index contributed by atoms with van der Waals surface area (Å²) < 4.78 is 4.00. The summed E-state index contributed by atoms with van der Waals surface area (Å²) in [6, 6.07) is 12.7. The molecule has 0 saturated heterocycles. The van der Waals surface area contributed by atoms with Crippen molar-refractivity contribution in [1.82, 2.24) is 34.3 Å². The van der Waals surface area contributed by atoms with Crippen LogP contribution in [-0.2, 0) is 19.4 Å². The molecule has 1 N–H and O–H groups in total. The third-order valence-electron chi connectivity index (χ3n) is 4.96. The standard InChI is InChI=1S/C19H20N8/c1-13-9-17(27-19(22-13)20-12-21-27)23-15-7-8-16-24-25-18(26(16)11-15)10-14-5-3-2-4-6-14/h2-6,9,12,15,23H,7-8,10-11H2,1H3/t15-/m1/s1. The second kappa shape index (κ2) is 6.46. The molecule has 0 unspecified atom stereocenters. The Morgan fingerprint density at radius 3 is 2.96 bits per heavy atom. The number of rotatable bonds is 4. The van der Waals surface area contributed by atoms with Gasteiger partial charge >= 0.3 is 0 Å². The quantitative estimate of drug-likeness (QED) is 0.599. The zero-order chi connectivity index (χ0) is 18.2. The maximum absolute atomic E-state index is 4.44.